The van der Waals surface area contributed by atoms with E-state index < -0.39 is 24.5 Å². The van der Waals surface area contributed by atoms with Gasteiger partial charge in [-0.2, -0.15) is 0 Å². The number of esters is 2. The monoisotopic (exact) mass is 413 g/mol. The van der Waals surface area contributed by atoms with E-state index in [1.165, 1.54) is 13.2 Å². The van der Waals surface area contributed by atoms with Crippen molar-refractivity contribution < 1.29 is 23.9 Å². The minimum Gasteiger partial charge on any atom is -0.465 e. The fourth-order valence-electron chi connectivity index (χ4n) is 2.38. The highest BCUT2D eigenvalue weighted by molar-refractivity contribution is 6.36. The summed E-state index contributed by atoms with van der Waals surface area (Å²) in [5.74, 6) is -1.88. The van der Waals surface area contributed by atoms with Gasteiger partial charge >= 0.3 is 11.9 Å². The largest absolute Gasteiger partial charge is 0.465 e. The number of pyridine rings is 1. The van der Waals surface area contributed by atoms with Crippen LogP contribution in [0.15, 0.2) is 6.07 Å². The highest BCUT2D eigenvalue weighted by Crippen LogP contribution is 2.25. The molecule has 2 rings (SSSR count). The SMILES string of the molecule is COC(=O)c1c(C)[nH]c(C(=O)OCC(=O)Nc2nc(C)c(Cl)cc2Cl)c1C. The molecule has 10 heteroatoms. The molecular weight excluding hydrogens is 397 g/mol. The number of anilines is 1. The number of amides is 1. The van der Waals surface area contributed by atoms with Gasteiger partial charge in [0.2, 0.25) is 0 Å². The molecule has 0 atom stereocenters. The number of nitrogens with one attached hydrogen (secondary N) is 2. The molecule has 0 aromatic carbocycles. The number of aryl methyl sites for hydroxylation is 2. The summed E-state index contributed by atoms with van der Waals surface area (Å²) >= 11 is 11.9. The predicted molar refractivity (Wildman–Crippen MR) is 99.5 cm³/mol. The van der Waals surface area contributed by atoms with Crippen LogP contribution in [-0.2, 0) is 14.3 Å². The number of ether oxygens (including phenoxy) is 2. The molecule has 0 radical (unpaired) electrons. The summed E-state index contributed by atoms with van der Waals surface area (Å²) in [5.41, 5.74) is 1.65. The molecule has 0 spiro atoms. The highest BCUT2D eigenvalue weighted by atomic mass is 35.5. The number of rotatable bonds is 5. The smallest absolute Gasteiger partial charge is 0.355 e. The summed E-state index contributed by atoms with van der Waals surface area (Å²) in [7, 11) is 1.24. The minimum absolute atomic E-state index is 0.0687. The summed E-state index contributed by atoms with van der Waals surface area (Å²) in [6.07, 6.45) is 0. The Hall–Kier alpha value is -2.58. The second-order valence-electron chi connectivity index (χ2n) is 5.63. The molecule has 2 aromatic rings. The number of hydrogen-bond acceptors (Lipinski definition) is 6. The Balaban J connectivity index is 2.05. The maximum absolute atomic E-state index is 12.2. The molecule has 2 aromatic heterocycles. The Morgan fingerprint density at radius 3 is 2.44 bits per heavy atom. The van der Waals surface area contributed by atoms with E-state index in [1.54, 1.807) is 20.8 Å². The van der Waals surface area contributed by atoms with Crippen molar-refractivity contribution in [2.24, 2.45) is 0 Å². The van der Waals surface area contributed by atoms with Crippen molar-refractivity contribution in [3.63, 3.8) is 0 Å². The van der Waals surface area contributed by atoms with Gasteiger partial charge in [0, 0.05) is 5.69 Å². The Kier molecular flexibility index (Phi) is 6.45. The Morgan fingerprint density at radius 2 is 1.81 bits per heavy atom. The second kappa shape index (κ2) is 8.41. The summed E-state index contributed by atoms with van der Waals surface area (Å²) in [4.78, 5) is 42.8. The third-order valence-electron chi connectivity index (χ3n) is 3.73. The first kappa shape index (κ1) is 20.7. The number of carbonyl (C=O) groups excluding carboxylic acids is 3. The Bertz CT molecular complexity index is 924. The molecule has 2 N–H and O–H groups in total. The summed E-state index contributed by atoms with van der Waals surface area (Å²) < 4.78 is 9.67. The summed E-state index contributed by atoms with van der Waals surface area (Å²) in [6, 6.07) is 1.45. The third kappa shape index (κ3) is 4.58. The fraction of sp³-hybridized carbons (Fsp3) is 0.294. The fourth-order valence-corrected chi connectivity index (χ4v) is 2.79. The number of nitrogens with zero attached hydrogens (tertiary/aromatic N) is 1. The number of aromatic nitrogens is 2. The molecule has 144 valence electrons. The van der Waals surface area contributed by atoms with E-state index in [-0.39, 0.29) is 22.1 Å². The van der Waals surface area contributed by atoms with Crippen molar-refractivity contribution in [1.82, 2.24) is 9.97 Å². The maximum Gasteiger partial charge on any atom is 0.355 e. The van der Waals surface area contributed by atoms with Gasteiger partial charge in [0.25, 0.3) is 5.91 Å². The normalized spacial score (nSPS) is 10.4. The van der Waals surface area contributed by atoms with E-state index in [4.69, 9.17) is 27.9 Å². The lowest BCUT2D eigenvalue weighted by molar-refractivity contribution is -0.119. The van der Waals surface area contributed by atoms with Crippen LogP contribution in [0.5, 0.6) is 0 Å². The number of aromatic amines is 1. The number of H-pyrrole nitrogens is 1. The lowest BCUT2D eigenvalue weighted by atomic mass is 10.1. The van der Waals surface area contributed by atoms with Gasteiger partial charge in [-0.3, -0.25) is 4.79 Å². The van der Waals surface area contributed by atoms with Gasteiger partial charge in [-0.25, -0.2) is 14.6 Å². The molecule has 8 nitrogen and oxygen atoms in total. The maximum atomic E-state index is 12.2. The van der Waals surface area contributed by atoms with Crippen LogP contribution < -0.4 is 5.32 Å². The van der Waals surface area contributed by atoms with Crippen LogP contribution in [0.1, 0.15) is 37.8 Å². The predicted octanol–water partition coefficient (Wildman–Crippen LogP) is 3.22. The van der Waals surface area contributed by atoms with E-state index in [2.05, 4.69) is 20.0 Å². The van der Waals surface area contributed by atoms with Crippen molar-refractivity contribution in [2.45, 2.75) is 20.8 Å². The highest BCUT2D eigenvalue weighted by Gasteiger charge is 2.24. The van der Waals surface area contributed by atoms with Gasteiger partial charge < -0.3 is 19.8 Å². The second-order valence-corrected chi connectivity index (χ2v) is 6.44. The van der Waals surface area contributed by atoms with Crippen LogP contribution in [-0.4, -0.2) is 41.5 Å². The molecule has 27 heavy (non-hydrogen) atoms. The first-order valence-electron chi connectivity index (χ1n) is 7.72. The zero-order valence-electron chi connectivity index (χ0n) is 15.0. The Labute approximate surface area is 165 Å². The van der Waals surface area contributed by atoms with E-state index in [9.17, 15) is 14.4 Å². The standard InChI is InChI=1S/C17H17Cl2N3O5/c1-7-13(16(24)26-4)9(3)20-14(7)17(25)27-6-12(23)22-15-11(19)5-10(18)8(2)21-15/h5,20H,6H2,1-4H3,(H,21,22,23). The summed E-state index contributed by atoms with van der Waals surface area (Å²) in [5, 5.41) is 2.96. The van der Waals surface area contributed by atoms with Crippen LogP contribution in [0.4, 0.5) is 5.82 Å². The first-order chi connectivity index (χ1) is 12.6. The van der Waals surface area contributed by atoms with E-state index >= 15 is 0 Å². The van der Waals surface area contributed by atoms with Crippen molar-refractivity contribution in [1.29, 1.82) is 0 Å². The zero-order chi connectivity index (χ0) is 20.3. The summed E-state index contributed by atoms with van der Waals surface area (Å²) in [6.45, 7) is 4.29. The molecule has 0 saturated carbocycles. The van der Waals surface area contributed by atoms with Gasteiger partial charge in [-0.05, 0) is 32.4 Å². The van der Waals surface area contributed by atoms with Gasteiger partial charge in [0.15, 0.2) is 12.4 Å². The first-order valence-corrected chi connectivity index (χ1v) is 8.48. The molecule has 0 aliphatic heterocycles. The molecule has 0 bridgehead atoms. The molecule has 0 aliphatic rings. The number of halogens is 2. The van der Waals surface area contributed by atoms with Crippen LogP contribution >= 0.6 is 23.2 Å². The van der Waals surface area contributed by atoms with Crippen molar-refractivity contribution in [3.8, 4) is 0 Å². The number of hydrogen-bond donors (Lipinski definition) is 2. The van der Waals surface area contributed by atoms with E-state index in [1.807, 2.05) is 0 Å². The number of methoxy groups -OCH3 is 1. The quantitative estimate of drug-likeness (QED) is 0.727. The molecule has 2 heterocycles. The lowest BCUT2D eigenvalue weighted by Crippen LogP contribution is -2.22. The molecule has 0 aliphatic carbocycles. The van der Waals surface area contributed by atoms with Gasteiger partial charge in [-0.15, -0.1) is 0 Å². The van der Waals surface area contributed by atoms with Crippen molar-refractivity contribution in [3.05, 3.63) is 44.3 Å². The van der Waals surface area contributed by atoms with E-state index in [0.29, 0.717) is 22.0 Å². The van der Waals surface area contributed by atoms with Gasteiger partial charge in [0.05, 0.1) is 28.4 Å². The molecule has 1 amide bonds. The van der Waals surface area contributed by atoms with Crippen LogP contribution in [0, 0.1) is 20.8 Å². The van der Waals surface area contributed by atoms with E-state index in [0.717, 1.165) is 0 Å². The van der Waals surface area contributed by atoms with Crippen LogP contribution in [0.3, 0.4) is 0 Å². The molecule has 0 saturated heterocycles. The zero-order valence-corrected chi connectivity index (χ0v) is 16.5. The van der Waals surface area contributed by atoms with Crippen LogP contribution in [0.25, 0.3) is 0 Å². The van der Waals surface area contributed by atoms with Crippen molar-refractivity contribution in [2.75, 3.05) is 19.0 Å². The topological polar surface area (TPSA) is 110 Å². The molecular formula is C17H17Cl2N3O5. The Morgan fingerprint density at radius 1 is 1.15 bits per heavy atom. The lowest BCUT2D eigenvalue weighted by Gasteiger charge is -2.09. The van der Waals surface area contributed by atoms with Gasteiger partial charge in [-0.1, -0.05) is 23.2 Å². The average Bonchev–Trinajstić information content (AvgIpc) is 2.91. The molecule has 0 unspecified atom stereocenters. The number of carbonyl (C=O) groups is 3. The molecule has 0 fully saturated rings. The van der Waals surface area contributed by atoms with Crippen molar-refractivity contribution >= 4 is 46.9 Å². The minimum atomic E-state index is -0.785. The third-order valence-corrected chi connectivity index (χ3v) is 4.40. The van der Waals surface area contributed by atoms with Gasteiger partial charge in [0.1, 0.15) is 5.69 Å². The van der Waals surface area contributed by atoms with Crippen LogP contribution in [0.2, 0.25) is 10.0 Å². The average molecular weight is 414 g/mol.